The summed E-state index contributed by atoms with van der Waals surface area (Å²) in [4.78, 5) is 0. The second kappa shape index (κ2) is 6.47. The second-order valence-corrected chi connectivity index (χ2v) is 8.08. The fourth-order valence-corrected chi connectivity index (χ4v) is 5.29. The van der Waals surface area contributed by atoms with Crippen LogP contribution in [0, 0.1) is 13.8 Å². The molecule has 0 bridgehead atoms. The van der Waals surface area contributed by atoms with Gasteiger partial charge in [-0.15, -0.1) is 23.5 Å². The van der Waals surface area contributed by atoms with Gasteiger partial charge in [0.1, 0.15) is 0 Å². The molecule has 0 radical (unpaired) electrons. The molecular weight excluding hydrogens is 312 g/mol. The first-order valence-electron chi connectivity index (χ1n) is 7.27. The average Bonchev–Trinajstić information content (AvgIpc) is 2.71. The first kappa shape index (κ1) is 15.6. The van der Waals surface area contributed by atoms with Crippen LogP contribution in [0.5, 0.6) is 11.5 Å². The highest BCUT2D eigenvalue weighted by atomic mass is 32.2. The fourth-order valence-electron chi connectivity index (χ4n) is 2.62. The predicted octanol–water partition coefficient (Wildman–Crippen LogP) is 5.20. The lowest BCUT2D eigenvalue weighted by atomic mass is 10.0. The minimum atomic E-state index is 0.199. The highest BCUT2D eigenvalue weighted by Gasteiger charge is 2.20. The topological polar surface area (TPSA) is 29.5 Å². The molecule has 2 aromatic carbocycles. The van der Waals surface area contributed by atoms with Gasteiger partial charge in [0.15, 0.2) is 11.5 Å². The molecule has 3 rings (SSSR count). The minimum Gasteiger partial charge on any atom is -0.504 e. The average molecular weight is 332 g/mol. The van der Waals surface area contributed by atoms with E-state index in [2.05, 4.69) is 26.0 Å². The molecule has 0 saturated carbocycles. The Hall–Kier alpha value is -1.26. The zero-order chi connectivity index (χ0) is 15.7. The van der Waals surface area contributed by atoms with E-state index in [-0.39, 0.29) is 5.75 Å². The van der Waals surface area contributed by atoms with Crippen LogP contribution >= 0.6 is 23.5 Å². The number of fused-ring (bicyclic) bond motifs is 1. The largest absolute Gasteiger partial charge is 0.504 e. The van der Waals surface area contributed by atoms with Crippen LogP contribution < -0.4 is 4.74 Å². The number of aromatic hydroxyl groups is 1. The monoisotopic (exact) mass is 332 g/mol. The van der Waals surface area contributed by atoms with Crippen molar-refractivity contribution in [3.63, 3.8) is 0 Å². The number of phenolic OH excluding ortho intramolecular Hbond substituents is 1. The van der Waals surface area contributed by atoms with Crippen molar-refractivity contribution in [3.8, 4) is 11.5 Å². The van der Waals surface area contributed by atoms with Crippen molar-refractivity contribution in [2.75, 3.05) is 7.11 Å². The van der Waals surface area contributed by atoms with Crippen molar-refractivity contribution in [2.24, 2.45) is 0 Å². The molecule has 0 spiro atoms. The van der Waals surface area contributed by atoms with Gasteiger partial charge >= 0.3 is 0 Å². The highest BCUT2D eigenvalue weighted by molar-refractivity contribution is 8.15. The number of rotatable bonds is 2. The molecule has 2 nitrogen and oxygen atoms in total. The van der Waals surface area contributed by atoms with Gasteiger partial charge in [0.2, 0.25) is 0 Å². The summed E-state index contributed by atoms with van der Waals surface area (Å²) in [5, 5.41) is 9.75. The molecule has 1 aliphatic rings. The van der Waals surface area contributed by atoms with Crippen molar-refractivity contribution < 1.29 is 9.84 Å². The molecule has 1 N–H and O–H groups in total. The van der Waals surface area contributed by atoms with Gasteiger partial charge in [-0.05, 0) is 53.8 Å². The summed E-state index contributed by atoms with van der Waals surface area (Å²) < 4.78 is 5.60. The molecule has 22 heavy (non-hydrogen) atoms. The second-order valence-electron chi connectivity index (χ2n) is 5.59. The van der Waals surface area contributed by atoms with E-state index >= 15 is 0 Å². The van der Waals surface area contributed by atoms with Crippen LogP contribution in [0.4, 0.5) is 0 Å². The van der Waals surface area contributed by atoms with Gasteiger partial charge in [-0.2, -0.15) is 0 Å². The Labute approximate surface area is 140 Å². The number of methoxy groups -OCH3 is 1. The summed E-state index contributed by atoms with van der Waals surface area (Å²) in [6, 6.07) is 10.3. The number of benzene rings is 2. The molecule has 0 aliphatic carbocycles. The Morgan fingerprint density at radius 2 is 1.59 bits per heavy atom. The van der Waals surface area contributed by atoms with E-state index in [1.807, 2.05) is 35.7 Å². The molecule has 1 aliphatic heterocycles. The van der Waals surface area contributed by atoms with Gasteiger partial charge in [0.05, 0.1) is 11.7 Å². The van der Waals surface area contributed by atoms with E-state index in [9.17, 15) is 5.11 Å². The first-order chi connectivity index (χ1) is 10.6. The van der Waals surface area contributed by atoms with E-state index < -0.39 is 0 Å². The number of ether oxygens (including phenoxy) is 1. The van der Waals surface area contributed by atoms with E-state index in [1.165, 1.54) is 27.8 Å². The van der Waals surface area contributed by atoms with Crippen LogP contribution in [-0.2, 0) is 11.5 Å². The minimum absolute atomic E-state index is 0.199. The summed E-state index contributed by atoms with van der Waals surface area (Å²) in [6.07, 6.45) is 0. The van der Waals surface area contributed by atoms with Crippen LogP contribution in [0.3, 0.4) is 0 Å². The lowest BCUT2D eigenvalue weighted by Gasteiger charge is -2.15. The Balaban J connectivity index is 1.85. The molecule has 116 valence electrons. The Morgan fingerprint density at radius 1 is 1.00 bits per heavy atom. The summed E-state index contributed by atoms with van der Waals surface area (Å²) in [5.74, 6) is 2.80. The molecule has 0 saturated heterocycles. The third kappa shape index (κ3) is 3.08. The van der Waals surface area contributed by atoms with E-state index in [0.29, 0.717) is 10.3 Å². The van der Waals surface area contributed by atoms with Crippen molar-refractivity contribution in [1.82, 2.24) is 0 Å². The van der Waals surface area contributed by atoms with Gasteiger partial charge < -0.3 is 9.84 Å². The summed E-state index contributed by atoms with van der Waals surface area (Å²) in [6.45, 7) is 4.36. The Bertz CT molecular complexity index is 665. The predicted molar refractivity (Wildman–Crippen MR) is 95.9 cm³/mol. The quantitative estimate of drug-likeness (QED) is 0.819. The third-order valence-corrected chi connectivity index (χ3v) is 6.99. The maximum Gasteiger partial charge on any atom is 0.160 e. The molecule has 2 aromatic rings. The molecule has 0 aromatic heterocycles. The van der Waals surface area contributed by atoms with Gasteiger partial charge in [0.25, 0.3) is 0 Å². The smallest absolute Gasteiger partial charge is 0.160 e. The van der Waals surface area contributed by atoms with Crippen LogP contribution in [0.1, 0.15) is 32.4 Å². The summed E-state index contributed by atoms with van der Waals surface area (Å²) in [5.41, 5.74) is 6.84. The van der Waals surface area contributed by atoms with Crippen LogP contribution in [0.25, 0.3) is 0 Å². The zero-order valence-corrected chi connectivity index (χ0v) is 14.7. The molecule has 4 heteroatoms. The third-order valence-electron chi connectivity index (χ3n) is 4.07. The zero-order valence-electron chi connectivity index (χ0n) is 13.1. The lowest BCUT2D eigenvalue weighted by Crippen LogP contribution is -1.92. The molecule has 1 heterocycles. The normalized spacial score (nSPS) is 15.2. The van der Waals surface area contributed by atoms with Crippen LogP contribution in [-0.4, -0.2) is 12.2 Å². The number of thioether (sulfide) groups is 2. The Kier molecular flexibility index (Phi) is 4.59. The van der Waals surface area contributed by atoms with Gasteiger partial charge in [-0.3, -0.25) is 0 Å². The molecule has 0 fully saturated rings. The number of hydrogen-bond donors (Lipinski definition) is 1. The molecule has 0 unspecified atom stereocenters. The van der Waals surface area contributed by atoms with Crippen LogP contribution in [0.2, 0.25) is 0 Å². The number of aryl methyl sites for hydroxylation is 2. The lowest BCUT2D eigenvalue weighted by molar-refractivity contribution is 0.373. The SMILES string of the molecule is COc1cc(C2SCc3cc(C)c(C)cc3CS2)ccc1O. The maximum atomic E-state index is 9.75. The van der Waals surface area contributed by atoms with Crippen molar-refractivity contribution in [3.05, 3.63) is 58.1 Å². The van der Waals surface area contributed by atoms with Crippen molar-refractivity contribution >= 4 is 23.5 Å². The molecular formula is C18H20O2S2. The molecule has 0 atom stereocenters. The van der Waals surface area contributed by atoms with Gasteiger partial charge in [-0.1, -0.05) is 18.2 Å². The number of phenols is 1. The highest BCUT2D eigenvalue weighted by Crippen LogP contribution is 2.47. The summed E-state index contributed by atoms with van der Waals surface area (Å²) in [7, 11) is 1.59. The van der Waals surface area contributed by atoms with Gasteiger partial charge in [-0.25, -0.2) is 0 Å². The fraction of sp³-hybridized carbons (Fsp3) is 0.333. The summed E-state index contributed by atoms with van der Waals surface area (Å²) >= 11 is 3.89. The van der Waals surface area contributed by atoms with Gasteiger partial charge in [0, 0.05) is 11.5 Å². The number of hydrogen-bond acceptors (Lipinski definition) is 4. The molecule has 0 amide bonds. The van der Waals surface area contributed by atoms with E-state index in [1.54, 1.807) is 13.2 Å². The van der Waals surface area contributed by atoms with Crippen molar-refractivity contribution in [2.45, 2.75) is 29.9 Å². The Morgan fingerprint density at radius 3 is 2.14 bits per heavy atom. The van der Waals surface area contributed by atoms with Crippen LogP contribution in [0.15, 0.2) is 30.3 Å². The standard InChI is InChI=1S/C18H20O2S2/c1-11-6-14-9-21-18(22-10-15(14)7-12(11)2)13-4-5-16(19)17(8-13)20-3/h4-8,18-19H,9-10H2,1-3H3. The van der Waals surface area contributed by atoms with E-state index in [0.717, 1.165) is 11.5 Å². The first-order valence-corrected chi connectivity index (χ1v) is 9.37. The van der Waals surface area contributed by atoms with E-state index in [4.69, 9.17) is 4.74 Å². The maximum absolute atomic E-state index is 9.75. The van der Waals surface area contributed by atoms with Crippen molar-refractivity contribution in [1.29, 1.82) is 0 Å².